The molecule has 0 saturated heterocycles. The number of aromatic nitrogens is 6. The highest BCUT2D eigenvalue weighted by Crippen LogP contribution is 2.67. The Morgan fingerprint density at radius 2 is 1.21 bits per heavy atom. The van der Waals surface area contributed by atoms with Crippen molar-refractivity contribution in [2.75, 3.05) is 0 Å². The summed E-state index contributed by atoms with van der Waals surface area (Å²) in [6.07, 6.45) is 20.3. The van der Waals surface area contributed by atoms with E-state index in [1.54, 1.807) is 4.80 Å². The van der Waals surface area contributed by atoms with Crippen molar-refractivity contribution in [3.05, 3.63) is 48.0 Å². The maximum Gasteiger partial charge on any atom is 0.162 e. The molecule has 8 fully saturated rings. The zero-order valence-corrected chi connectivity index (χ0v) is 40.5. The lowest BCUT2D eigenvalue weighted by Gasteiger charge is -2.57. The minimum Gasteiger partial charge on any atom is -0.390 e. The van der Waals surface area contributed by atoms with Crippen LogP contribution in [-0.2, 0) is 16.0 Å². The molecular formula is C56H76N6O4. The number of benzene rings is 2. The van der Waals surface area contributed by atoms with Crippen LogP contribution in [0.2, 0.25) is 0 Å². The summed E-state index contributed by atoms with van der Waals surface area (Å²) in [5.41, 5.74) is 3.35. The summed E-state index contributed by atoms with van der Waals surface area (Å²) >= 11 is 0. The molecule has 4 aromatic rings. The average molecular weight is 897 g/mol. The lowest BCUT2D eigenvalue weighted by molar-refractivity contribution is -0.136. The van der Waals surface area contributed by atoms with Crippen LogP contribution in [-0.4, -0.2) is 63.0 Å². The molecule has 2 heterocycles. The van der Waals surface area contributed by atoms with Gasteiger partial charge >= 0.3 is 0 Å². The highest BCUT2D eigenvalue weighted by Gasteiger charge is 2.61. The first-order chi connectivity index (χ1) is 31.6. The van der Waals surface area contributed by atoms with Crippen molar-refractivity contribution < 1.29 is 19.8 Å². The van der Waals surface area contributed by atoms with Gasteiger partial charge in [0.1, 0.15) is 28.6 Å². The molecular weight excluding hydrogens is 821 g/mol. The van der Waals surface area contributed by atoms with Crippen LogP contribution in [0.15, 0.2) is 42.5 Å². The Balaban J connectivity index is 0.679. The van der Waals surface area contributed by atoms with E-state index in [1.807, 2.05) is 55.8 Å². The number of hydrogen-bond acceptors (Lipinski definition) is 8. The Kier molecular flexibility index (Phi) is 10.5. The largest absolute Gasteiger partial charge is 0.390 e. The highest BCUT2D eigenvalue weighted by molar-refractivity contribution is 5.88. The molecule has 0 bridgehead atoms. The normalized spacial score (nSPS) is 43.8. The number of fused-ring (bicyclic) bond motifs is 12. The van der Waals surface area contributed by atoms with Gasteiger partial charge in [0.2, 0.25) is 0 Å². The molecule has 66 heavy (non-hydrogen) atoms. The van der Waals surface area contributed by atoms with Gasteiger partial charge in [-0.15, -0.1) is 5.10 Å². The van der Waals surface area contributed by atoms with Gasteiger partial charge in [-0.25, -0.2) is 4.68 Å². The zero-order chi connectivity index (χ0) is 45.5. The first kappa shape index (κ1) is 43.8. The van der Waals surface area contributed by atoms with Crippen LogP contribution in [0, 0.1) is 81.8 Å². The molecule has 8 saturated carbocycles. The van der Waals surface area contributed by atoms with Crippen molar-refractivity contribution >= 4 is 33.6 Å². The first-order valence-electron chi connectivity index (χ1n) is 26.8. The second kappa shape index (κ2) is 15.8. The molecule has 0 radical (unpaired) electrons. The van der Waals surface area contributed by atoms with E-state index in [-0.39, 0.29) is 28.7 Å². The van der Waals surface area contributed by atoms with E-state index in [0.29, 0.717) is 59.4 Å². The van der Waals surface area contributed by atoms with E-state index in [4.69, 9.17) is 10.2 Å². The molecule has 0 spiro atoms. The maximum absolute atomic E-state index is 14.5. The summed E-state index contributed by atoms with van der Waals surface area (Å²) in [4.78, 5) is 30.6. The van der Waals surface area contributed by atoms with Crippen molar-refractivity contribution in [2.24, 2.45) is 81.8 Å². The molecule has 8 aliphatic carbocycles. The second-order valence-electron chi connectivity index (χ2n) is 25.1. The Morgan fingerprint density at radius 3 is 1.89 bits per heavy atom. The van der Waals surface area contributed by atoms with Crippen molar-refractivity contribution in [2.45, 2.75) is 180 Å². The van der Waals surface area contributed by atoms with Gasteiger partial charge in [-0.2, -0.15) is 15.0 Å². The summed E-state index contributed by atoms with van der Waals surface area (Å²) in [5, 5.41) is 41.9. The van der Waals surface area contributed by atoms with E-state index in [1.165, 1.54) is 44.9 Å². The molecule has 354 valence electrons. The third-order valence-corrected chi connectivity index (χ3v) is 21.9. The van der Waals surface area contributed by atoms with Crippen LogP contribution in [0.5, 0.6) is 0 Å². The van der Waals surface area contributed by atoms with Gasteiger partial charge in [0.15, 0.2) is 11.6 Å². The van der Waals surface area contributed by atoms with Crippen LogP contribution in [0.25, 0.3) is 22.1 Å². The third kappa shape index (κ3) is 6.88. The van der Waals surface area contributed by atoms with Crippen LogP contribution in [0.1, 0.15) is 168 Å². The SMILES string of the molecule is C[C@H](C(=O)[C@H]1CC[C@H]2[C@@H]3CC[C@H]4C[C@@](O)(Cc5ccc6nn([C@@H](C)C(=O)[C@H]7CC[C@H]8[C@@H]9CC[C@H]%10C[C@](C)(O)CC[C@@H]%10[C@H]9CC[C@]78C)nc6c5)CC[C@@H]4[C@H]3CC[C@]12C)n1nnc2ccccc21. The fraction of sp³-hybridized carbons (Fsp3) is 0.750. The zero-order valence-electron chi connectivity index (χ0n) is 40.5. The van der Waals surface area contributed by atoms with Gasteiger partial charge in [-0.3, -0.25) is 9.59 Å². The van der Waals surface area contributed by atoms with Crippen molar-refractivity contribution in [3.63, 3.8) is 0 Å². The molecule has 10 nitrogen and oxygen atoms in total. The van der Waals surface area contributed by atoms with Gasteiger partial charge in [0, 0.05) is 18.3 Å². The number of carbonyl (C=O) groups excluding carboxylic acids is 2. The lowest BCUT2D eigenvalue weighted by Crippen LogP contribution is -2.52. The number of aliphatic hydroxyl groups is 2. The molecule has 2 N–H and O–H groups in total. The minimum atomic E-state index is -0.736. The number of ketones is 2. The summed E-state index contributed by atoms with van der Waals surface area (Å²) in [5.74, 6) is 7.41. The standard InChI is InChI=1S/C56H76N6O4/c1-32(61-50-9-7-6-8-48(50)57-60-61)51(63)45-17-15-43-42-14-12-36-31-56(66,27-23-38(36)40(42)22-25-54(43,45)4)29-34-10-19-47-49(28-34)59-62(58-47)33(2)52(64)46-18-16-44-41-13-11-35-30-53(3,65)24-20-37(35)39(41)21-26-55(44,46)5/h6-10,19,28,32-33,35-46,65-66H,11-18,20-27,29-31H2,1-5H3/t32-,33+,35+,36+,37+,38+,39-,40-,41-,42-,43+,44+,45-,46-,53-,54+,55+,56+/m1/s1. The van der Waals surface area contributed by atoms with E-state index < -0.39 is 17.2 Å². The Labute approximate surface area is 391 Å². The number of rotatable bonds is 8. The number of hydrogen-bond donors (Lipinski definition) is 2. The number of nitrogens with zero attached hydrogens (tertiary/aromatic N) is 6. The minimum absolute atomic E-state index is 0.0354. The second-order valence-corrected chi connectivity index (χ2v) is 25.1. The predicted molar refractivity (Wildman–Crippen MR) is 255 cm³/mol. The predicted octanol–water partition coefficient (Wildman–Crippen LogP) is 10.7. The quantitative estimate of drug-likeness (QED) is 0.178. The Morgan fingerprint density at radius 1 is 0.621 bits per heavy atom. The Bertz CT molecular complexity index is 2530. The Hall–Kier alpha value is -3.50. The van der Waals surface area contributed by atoms with Crippen molar-refractivity contribution in [1.82, 2.24) is 30.0 Å². The highest BCUT2D eigenvalue weighted by atomic mass is 16.3. The monoisotopic (exact) mass is 897 g/mol. The van der Waals surface area contributed by atoms with Crippen LogP contribution in [0.4, 0.5) is 0 Å². The topological polar surface area (TPSA) is 136 Å². The van der Waals surface area contributed by atoms with E-state index in [2.05, 4.69) is 36.3 Å². The summed E-state index contributed by atoms with van der Waals surface area (Å²) < 4.78 is 1.85. The molecule has 0 amide bonds. The number of para-hydroxylation sites is 1. The van der Waals surface area contributed by atoms with Gasteiger partial charge in [0.25, 0.3) is 0 Å². The molecule has 10 heteroatoms. The smallest absolute Gasteiger partial charge is 0.162 e. The lowest BCUT2D eigenvalue weighted by atomic mass is 9.48. The first-order valence-corrected chi connectivity index (χ1v) is 26.8. The molecule has 2 aromatic carbocycles. The maximum atomic E-state index is 14.5. The van der Waals surface area contributed by atoms with Crippen LogP contribution >= 0.6 is 0 Å². The molecule has 2 aromatic heterocycles. The van der Waals surface area contributed by atoms with E-state index in [0.717, 1.165) is 116 Å². The van der Waals surface area contributed by atoms with Gasteiger partial charge in [0.05, 0.1) is 16.7 Å². The summed E-state index contributed by atoms with van der Waals surface area (Å²) in [7, 11) is 0. The van der Waals surface area contributed by atoms with Crippen molar-refractivity contribution in [1.29, 1.82) is 0 Å². The van der Waals surface area contributed by atoms with Crippen LogP contribution < -0.4 is 0 Å². The third-order valence-electron chi connectivity index (χ3n) is 21.9. The number of carbonyl (C=O) groups is 2. The molecule has 0 aliphatic heterocycles. The molecule has 0 unspecified atom stereocenters. The van der Waals surface area contributed by atoms with E-state index in [9.17, 15) is 19.8 Å². The van der Waals surface area contributed by atoms with Gasteiger partial charge in [-0.05, 0) is 236 Å². The van der Waals surface area contributed by atoms with Crippen molar-refractivity contribution in [3.8, 4) is 0 Å². The summed E-state index contributed by atoms with van der Waals surface area (Å²) in [6, 6.07) is 13.5. The van der Waals surface area contributed by atoms with Gasteiger partial charge < -0.3 is 10.2 Å². The molecule has 8 aliphatic rings. The average Bonchev–Trinajstić information content (AvgIpc) is 4.09. The fourth-order valence-corrected chi connectivity index (χ4v) is 18.8. The van der Waals surface area contributed by atoms with Crippen LogP contribution in [0.3, 0.4) is 0 Å². The molecule has 12 rings (SSSR count). The van der Waals surface area contributed by atoms with Gasteiger partial charge in [-0.1, -0.05) is 37.3 Å². The fourth-order valence-electron chi connectivity index (χ4n) is 18.8. The number of Topliss-reactive ketones (excluding diaryl/α,β-unsaturated/α-hetero) is 2. The molecule has 18 atom stereocenters. The summed E-state index contributed by atoms with van der Waals surface area (Å²) in [6.45, 7) is 11.0. The van der Waals surface area contributed by atoms with E-state index >= 15 is 0 Å².